The van der Waals surface area contributed by atoms with Crippen molar-refractivity contribution >= 4 is 0 Å². The van der Waals surface area contributed by atoms with Crippen LogP contribution >= 0.6 is 0 Å². The van der Waals surface area contributed by atoms with Crippen LogP contribution in [0.15, 0.2) is 6.33 Å². The highest BCUT2D eigenvalue weighted by Gasteiger charge is 2.12. The van der Waals surface area contributed by atoms with Crippen LogP contribution in [0.2, 0.25) is 0 Å². The number of rotatable bonds is 4. The van der Waals surface area contributed by atoms with Crippen molar-refractivity contribution in [2.75, 3.05) is 13.2 Å². The van der Waals surface area contributed by atoms with E-state index in [9.17, 15) is 0 Å². The zero-order valence-corrected chi connectivity index (χ0v) is 9.15. The molecular weight excluding hydrogens is 192 g/mol. The highest BCUT2D eigenvalue weighted by atomic mass is 16.5. The smallest absolute Gasteiger partial charge is 0.152 e. The molecule has 0 bridgehead atoms. The second-order valence-corrected chi connectivity index (χ2v) is 3.96. The number of piperidine rings is 1. The van der Waals surface area contributed by atoms with Gasteiger partial charge in [-0.25, -0.2) is 4.98 Å². The van der Waals surface area contributed by atoms with Gasteiger partial charge in [0.2, 0.25) is 0 Å². The maximum absolute atomic E-state index is 5.61. The molecule has 0 saturated carbocycles. The van der Waals surface area contributed by atoms with E-state index in [1.54, 1.807) is 11.0 Å². The molecule has 0 aliphatic carbocycles. The summed E-state index contributed by atoms with van der Waals surface area (Å²) in [4.78, 5) is 4.10. The van der Waals surface area contributed by atoms with Crippen molar-refractivity contribution in [3.05, 3.63) is 12.2 Å². The van der Waals surface area contributed by atoms with Crippen LogP contribution in [0.5, 0.6) is 0 Å². The Bertz CT molecular complexity index is 293. The van der Waals surface area contributed by atoms with Gasteiger partial charge in [0.1, 0.15) is 12.9 Å². The number of ether oxygens (including phenoxy) is 1. The molecule has 0 spiro atoms. The number of nitrogens with zero attached hydrogens (tertiary/aromatic N) is 3. The summed E-state index contributed by atoms with van der Waals surface area (Å²) in [6.07, 6.45) is 5.38. The molecule has 1 unspecified atom stereocenters. The van der Waals surface area contributed by atoms with Crippen molar-refractivity contribution in [3.63, 3.8) is 0 Å². The minimum Gasteiger partial charge on any atom is -0.372 e. The van der Waals surface area contributed by atoms with Crippen molar-refractivity contribution in [1.29, 1.82) is 0 Å². The highest BCUT2D eigenvalue weighted by molar-refractivity contribution is 4.80. The van der Waals surface area contributed by atoms with Crippen molar-refractivity contribution in [3.8, 4) is 0 Å². The standard InChI is InChI=1S/C10H18N4O/c1-14-10(12-8-13-14)7-15-6-9-4-2-3-5-11-9/h8-9,11H,2-7H2,1H3. The first kappa shape index (κ1) is 10.6. The Kier molecular flexibility index (Phi) is 3.69. The van der Waals surface area contributed by atoms with Gasteiger partial charge in [-0.15, -0.1) is 0 Å². The fraction of sp³-hybridized carbons (Fsp3) is 0.800. The average molecular weight is 210 g/mol. The van der Waals surface area contributed by atoms with E-state index in [4.69, 9.17) is 4.74 Å². The third kappa shape index (κ3) is 3.00. The van der Waals surface area contributed by atoms with Crippen LogP contribution < -0.4 is 5.32 Å². The van der Waals surface area contributed by atoms with Gasteiger partial charge >= 0.3 is 0 Å². The van der Waals surface area contributed by atoms with E-state index in [0.29, 0.717) is 12.6 Å². The zero-order valence-electron chi connectivity index (χ0n) is 9.15. The van der Waals surface area contributed by atoms with Crippen molar-refractivity contribution in [2.45, 2.75) is 31.9 Å². The Balaban J connectivity index is 1.68. The quantitative estimate of drug-likeness (QED) is 0.785. The molecule has 1 aliphatic rings. The van der Waals surface area contributed by atoms with E-state index in [1.807, 2.05) is 7.05 Å². The molecule has 84 valence electrons. The van der Waals surface area contributed by atoms with Gasteiger partial charge in [-0.1, -0.05) is 6.42 Å². The second kappa shape index (κ2) is 5.23. The molecule has 0 radical (unpaired) electrons. The zero-order chi connectivity index (χ0) is 10.5. The van der Waals surface area contributed by atoms with Crippen molar-refractivity contribution in [1.82, 2.24) is 20.1 Å². The molecule has 2 heterocycles. The third-order valence-corrected chi connectivity index (χ3v) is 2.77. The number of hydrogen-bond donors (Lipinski definition) is 1. The maximum atomic E-state index is 5.61. The van der Waals surface area contributed by atoms with Crippen LogP contribution in [0, 0.1) is 0 Å². The largest absolute Gasteiger partial charge is 0.372 e. The first-order valence-electron chi connectivity index (χ1n) is 5.50. The Morgan fingerprint density at radius 1 is 1.60 bits per heavy atom. The normalized spacial score (nSPS) is 21.8. The van der Waals surface area contributed by atoms with Crippen LogP contribution in [-0.4, -0.2) is 34.0 Å². The highest BCUT2D eigenvalue weighted by Crippen LogP contribution is 2.07. The van der Waals surface area contributed by atoms with Gasteiger partial charge in [0, 0.05) is 13.1 Å². The minimum atomic E-state index is 0.520. The van der Waals surface area contributed by atoms with Crippen LogP contribution in [0.25, 0.3) is 0 Å². The number of aryl methyl sites for hydroxylation is 1. The van der Waals surface area contributed by atoms with Crippen molar-refractivity contribution in [2.24, 2.45) is 7.05 Å². The Labute approximate surface area is 89.8 Å². The van der Waals surface area contributed by atoms with Crippen LogP contribution in [-0.2, 0) is 18.4 Å². The summed E-state index contributed by atoms with van der Waals surface area (Å²) in [6.45, 7) is 2.44. The molecule has 1 aliphatic heterocycles. The van der Waals surface area contributed by atoms with Gasteiger partial charge < -0.3 is 10.1 Å². The summed E-state index contributed by atoms with van der Waals surface area (Å²) in [5, 5.41) is 7.44. The number of hydrogen-bond acceptors (Lipinski definition) is 4. The molecule has 2 rings (SSSR count). The summed E-state index contributed by atoms with van der Waals surface area (Å²) >= 11 is 0. The molecule has 0 aromatic carbocycles. The van der Waals surface area contributed by atoms with Gasteiger partial charge in [0.05, 0.1) is 6.61 Å². The molecule has 15 heavy (non-hydrogen) atoms. The fourth-order valence-electron chi connectivity index (χ4n) is 1.81. The molecule has 1 N–H and O–H groups in total. The minimum absolute atomic E-state index is 0.520. The summed E-state index contributed by atoms with van der Waals surface area (Å²) < 4.78 is 7.36. The van der Waals surface area contributed by atoms with Gasteiger partial charge in [0.25, 0.3) is 0 Å². The summed E-state index contributed by atoms with van der Waals surface area (Å²) in [7, 11) is 1.88. The SMILES string of the molecule is Cn1ncnc1COCC1CCCCN1. The first-order valence-corrected chi connectivity index (χ1v) is 5.50. The van der Waals surface area contributed by atoms with Crippen LogP contribution in [0.1, 0.15) is 25.1 Å². The van der Waals surface area contributed by atoms with Gasteiger partial charge in [0.15, 0.2) is 5.82 Å². The number of aromatic nitrogens is 3. The lowest BCUT2D eigenvalue weighted by molar-refractivity contribution is 0.0849. The van der Waals surface area contributed by atoms with E-state index in [0.717, 1.165) is 19.0 Å². The Hall–Kier alpha value is -0.940. The summed E-state index contributed by atoms with van der Waals surface area (Å²) in [5.74, 6) is 0.880. The monoisotopic (exact) mass is 210 g/mol. The van der Waals surface area contributed by atoms with Gasteiger partial charge in [-0.2, -0.15) is 5.10 Å². The Morgan fingerprint density at radius 2 is 2.53 bits per heavy atom. The topological polar surface area (TPSA) is 52.0 Å². The summed E-state index contributed by atoms with van der Waals surface area (Å²) in [5.41, 5.74) is 0. The second-order valence-electron chi connectivity index (χ2n) is 3.96. The molecule has 1 saturated heterocycles. The van der Waals surface area contributed by atoms with E-state index in [2.05, 4.69) is 15.4 Å². The average Bonchev–Trinajstić information content (AvgIpc) is 2.66. The van der Waals surface area contributed by atoms with E-state index in [1.165, 1.54) is 19.3 Å². The summed E-state index contributed by atoms with van der Waals surface area (Å²) in [6, 6.07) is 0.520. The molecule has 1 aromatic rings. The van der Waals surface area contributed by atoms with Crippen LogP contribution in [0.3, 0.4) is 0 Å². The maximum Gasteiger partial charge on any atom is 0.152 e. The molecule has 1 fully saturated rings. The molecule has 1 aromatic heterocycles. The van der Waals surface area contributed by atoms with Gasteiger partial charge in [-0.05, 0) is 19.4 Å². The molecule has 5 heteroatoms. The van der Waals surface area contributed by atoms with E-state index >= 15 is 0 Å². The van der Waals surface area contributed by atoms with E-state index < -0.39 is 0 Å². The third-order valence-electron chi connectivity index (χ3n) is 2.77. The van der Waals surface area contributed by atoms with Crippen LogP contribution in [0.4, 0.5) is 0 Å². The lowest BCUT2D eigenvalue weighted by Crippen LogP contribution is -2.37. The predicted octanol–water partition coefficient (Wildman–Crippen LogP) is 0.474. The number of nitrogens with one attached hydrogen (secondary N) is 1. The lowest BCUT2D eigenvalue weighted by atomic mass is 10.1. The molecular formula is C10H18N4O. The van der Waals surface area contributed by atoms with Crippen molar-refractivity contribution < 1.29 is 4.74 Å². The fourth-order valence-corrected chi connectivity index (χ4v) is 1.81. The molecule has 0 amide bonds. The molecule has 5 nitrogen and oxygen atoms in total. The van der Waals surface area contributed by atoms with Gasteiger partial charge in [-0.3, -0.25) is 4.68 Å². The molecule has 1 atom stereocenters. The lowest BCUT2D eigenvalue weighted by Gasteiger charge is -2.22. The van der Waals surface area contributed by atoms with E-state index in [-0.39, 0.29) is 0 Å². The predicted molar refractivity (Wildman–Crippen MR) is 56.3 cm³/mol. The Morgan fingerprint density at radius 3 is 3.20 bits per heavy atom. The first-order chi connectivity index (χ1) is 7.36.